The van der Waals surface area contributed by atoms with Crippen LogP contribution in [-0.2, 0) is 19.4 Å². The van der Waals surface area contributed by atoms with Crippen LogP contribution in [0.4, 0.5) is 11.6 Å². The van der Waals surface area contributed by atoms with Crippen LogP contribution in [0.2, 0.25) is 0 Å². The monoisotopic (exact) mass is 451 g/mol. The minimum absolute atomic E-state index is 0.773. The first-order valence-electron chi connectivity index (χ1n) is 11.5. The average molecular weight is 452 g/mol. The summed E-state index contributed by atoms with van der Waals surface area (Å²) in [5.74, 6) is 0.869. The number of anilines is 2. The molecule has 0 fully saturated rings. The number of aryl methyl sites for hydroxylation is 2. The van der Waals surface area contributed by atoms with Gasteiger partial charge in [0.05, 0.1) is 17.6 Å². The van der Waals surface area contributed by atoms with Crippen molar-refractivity contribution in [2.75, 3.05) is 5.32 Å². The predicted molar refractivity (Wildman–Crippen MR) is 143 cm³/mol. The number of hydrogen-bond acceptors (Lipinski definition) is 3. The molecule has 166 valence electrons. The maximum Gasteiger partial charge on any atom is 0.208 e. The van der Waals surface area contributed by atoms with E-state index >= 15 is 0 Å². The van der Waals surface area contributed by atoms with Crippen molar-refractivity contribution in [3.63, 3.8) is 0 Å². The van der Waals surface area contributed by atoms with E-state index in [1.807, 2.05) is 11.3 Å². The van der Waals surface area contributed by atoms with E-state index in [0.29, 0.717) is 0 Å². The molecule has 0 unspecified atom stereocenters. The molecule has 1 N–H and O–H groups in total. The maximum absolute atomic E-state index is 5.02. The summed E-state index contributed by atoms with van der Waals surface area (Å²) in [7, 11) is 0. The molecule has 0 radical (unpaired) electrons. The van der Waals surface area contributed by atoms with E-state index in [0.717, 1.165) is 47.6 Å². The van der Waals surface area contributed by atoms with E-state index in [1.165, 1.54) is 32.3 Å². The van der Waals surface area contributed by atoms with Crippen LogP contribution in [-0.4, -0.2) is 9.55 Å². The summed E-state index contributed by atoms with van der Waals surface area (Å²) < 4.78 is 3.63. The molecule has 0 amide bonds. The van der Waals surface area contributed by atoms with Gasteiger partial charge in [-0.25, -0.2) is 4.98 Å². The highest BCUT2D eigenvalue weighted by Crippen LogP contribution is 2.31. The van der Waals surface area contributed by atoms with Crippen LogP contribution >= 0.6 is 11.3 Å². The van der Waals surface area contributed by atoms with Crippen molar-refractivity contribution in [1.29, 1.82) is 0 Å². The van der Waals surface area contributed by atoms with Crippen LogP contribution in [0.25, 0.3) is 21.1 Å². The van der Waals surface area contributed by atoms with Crippen molar-refractivity contribution < 1.29 is 0 Å². The topological polar surface area (TPSA) is 29.9 Å². The van der Waals surface area contributed by atoms with Gasteiger partial charge in [0.25, 0.3) is 0 Å². The van der Waals surface area contributed by atoms with E-state index < -0.39 is 0 Å². The zero-order valence-electron chi connectivity index (χ0n) is 19.5. The molecular weight excluding hydrogens is 422 g/mol. The minimum atomic E-state index is 0.773. The Morgan fingerprint density at radius 2 is 1.82 bits per heavy atom. The fraction of sp³-hybridized carbons (Fsp3) is 0.207. The molecule has 0 spiro atoms. The number of thiophene rings is 1. The number of nitrogens with one attached hydrogen (secondary N) is 1. The zero-order valence-corrected chi connectivity index (χ0v) is 20.3. The second kappa shape index (κ2) is 8.87. The second-order valence-electron chi connectivity index (χ2n) is 8.91. The molecule has 0 atom stereocenters. The van der Waals surface area contributed by atoms with Gasteiger partial charge in [0.1, 0.15) is 0 Å². The minimum Gasteiger partial charge on any atom is -0.326 e. The Hall–Kier alpha value is -3.37. The lowest BCUT2D eigenvalue weighted by Gasteiger charge is -2.11. The first-order valence-corrected chi connectivity index (χ1v) is 12.3. The second-order valence-corrected chi connectivity index (χ2v) is 9.83. The highest BCUT2D eigenvalue weighted by atomic mass is 32.1. The summed E-state index contributed by atoms with van der Waals surface area (Å²) in [5.41, 5.74) is 9.55. The van der Waals surface area contributed by atoms with Gasteiger partial charge in [-0.05, 0) is 84.5 Å². The Labute approximate surface area is 199 Å². The fourth-order valence-electron chi connectivity index (χ4n) is 4.33. The molecule has 0 saturated carbocycles. The van der Waals surface area contributed by atoms with Crippen molar-refractivity contribution in [3.05, 3.63) is 100 Å². The lowest BCUT2D eigenvalue weighted by atomic mass is 10.1. The van der Waals surface area contributed by atoms with Crippen molar-refractivity contribution in [3.8, 4) is 0 Å². The van der Waals surface area contributed by atoms with Crippen LogP contribution in [0, 0.1) is 6.92 Å². The summed E-state index contributed by atoms with van der Waals surface area (Å²) in [6, 6.07) is 21.9. The van der Waals surface area contributed by atoms with Crippen molar-refractivity contribution in [1.82, 2.24) is 9.55 Å². The number of allylic oxidation sites excluding steroid dienone is 1. The lowest BCUT2D eigenvalue weighted by molar-refractivity contribution is 0.843. The van der Waals surface area contributed by atoms with Crippen LogP contribution < -0.4 is 5.32 Å². The van der Waals surface area contributed by atoms with E-state index in [9.17, 15) is 0 Å². The van der Waals surface area contributed by atoms with Gasteiger partial charge in [-0.1, -0.05) is 55.0 Å². The van der Waals surface area contributed by atoms with Gasteiger partial charge in [0.15, 0.2) is 0 Å². The molecule has 3 nitrogen and oxygen atoms in total. The largest absolute Gasteiger partial charge is 0.326 e. The smallest absolute Gasteiger partial charge is 0.208 e. The van der Waals surface area contributed by atoms with Crippen LogP contribution in [0.3, 0.4) is 0 Å². The molecule has 0 aliphatic rings. The third-order valence-corrected chi connectivity index (χ3v) is 7.09. The van der Waals surface area contributed by atoms with Gasteiger partial charge in [0.2, 0.25) is 5.95 Å². The van der Waals surface area contributed by atoms with Gasteiger partial charge < -0.3 is 9.88 Å². The van der Waals surface area contributed by atoms with E-state index in [4.69, 9.17) is 4.98 Å². The Bertz CT molecular complexity index is 1450. The molecule has 5 aromatic rings. The number of nitrogens with zero attached hydrogens (tertiary/aromatic N) is 2. The molecule has 2 heterocycles. The normalized spacial score (nSPS) is 11.4. The summed E-state index contributed by atoms with van der Waals surface area (Å²) in [6.07, 6.45) is 1.91. The zero-order chi connectivity index (χ0) is 22.9. The van der Waals surface area contributed by atoms with Crippen LogP contribution in [0.5, 0.6) is 0 Å². The standard InChI is InChI=1S/C29H29N3S/c1-5-21-7-10-24(11-8-21)30-29-31-26-16-22(14-19(2)3)9-12-27(26)32(29)17-23-18-33-28-13-6-20(4)15-25(23)28/h6-13,15-16,18H,2,5,14,17H2,1,3-4H3,(H,30,31). The Morgan fingerprint density at radius 1 is 1.03 bits per heavy atom. The van der Waals surface area contributed by atoms with Crippen LogP contribution in [0.1, 0.15) is 36.1 Å². The summed E-state index contributed by atoms with van der Waals surface area (Å²) in [4.78, 5) is 5.02. The van der Waals surface area contributed by atoms with Gasteiger partial charge in [-0.2, -0.15) is 0 Å². The SMILES string of the molecule is C=C(C)Cc1ccc2c(c1)nc(Nc1ccc(CC)cc1)n2Cc1csc2ccc(C)cc12. The highest BCUT2D eigenvalue weighted by molar-refractivity contribution is 7.17. The van der Waals surface area contributed by atoms with E-state index in [1.54, 1.807) is 0 Å². The summed E-state index contributed by atoms with van der Waals surface area (Å²) >= 11 is 1.81. The molecule has 0 aliphatic heterocycles. The third kappa shape index (κ3) is 4.44. The van der Waals surface area contributed by atoms with Gasteiger partial charge in [-0.15, -0.1) is 11.3 Å². The number of aromatic nitrogens is 2. The molecule has 2 aromatic heterocycles. The molecule has 3 aromatic carbocycles. The van der Waals surface area contributed by atoms with E-state index in [-0.39, 0.29) is 0 Å². The van der Waals surface area contributed by atoms with Gasteiger partial charge in [-0.3, -0.25) is 0 Å². The van der Waals surface area contributed by atoms with Crippen molar-refractivity contribution >= 4 is 44.1 Å². The molecule has 0 bridgehead atoms. The Balaban J connectivity index is 1.59. The van der Waals surface area contributed by atoms with E-state index in [2.05, 4.69) is 103 Å². The Kier molecular flexibility index (Phi) is 5.77. The number of imidazole rings is 1. The quantitative estimate of drug-likeness (QED) is 0.254. The van der Waals surface area contributed by atoms with Crippen LogP contribution in [0.15, 0.2) is 78.2 Å². The first kappa shape index (κ1) is 21.5. The molecule has 0 saturated heterocycles. The van der Waals surface area contributed by atoms with Crippen molar-refractivity contribution in [2.24, 2.45) is 0 Å². The highest BCUT2D eigenvalue weighted by Gasteiger charge is 2.15. The average Bonchev–Trinajstić information content (AvgIpc) is 3.34. The molecule has 4 heteroatoms. The fourth-order valence-corrected chi connectivity index (χ4v) is 5.26. The third-order valence-electron chi connectivity index (χ3n) is 6.07. The number of hydrogen-bond donors (Lipinski definition) is 1. The Morgan fingerprint density at radius 3 is 2.58 bits per heavy atom. The summed E-state index contributed by atoms with van der Waals surface area (Å²) in [6.45, 7) is 11.2. The number of rotatable bonds is 7. The molecule has 0 aliphatic carbocycles. The summed E-state index contributed by atoms with van der Waals surface area (Å²) in [5, 5.41) is 7.20. The lowest BCUT2D eigenvalue weighted by Crippen LogP contribution is -2.05. The molecule has 33 heavy (non-hydrogen) atoms. The molecular formula is C29H29N3S. The van der Waals surface area contributed by atoms with Crippen molar-refractivity contribution in [2.45, 2.75) is 40.2 Å². The first-order chi connectivity index (χ1) is 16.0. The number of benzene rings is 3. The number of fused-ring (bicyclic) bond motifs is 2. The van der Waals surface area contributed by atoms with Gasteiger partial charge >= 0.3 is 0 Å². The molecule has 5 rings (SSSR count). The predicted octanol–water partition coefficient (Wildman–Crippen LogP) is 8.03. The maximum atomic E-state index is 5.02. The van der Waals surface area contributed by atoms with Gasteiger partial charge in [0, 0.05) is 10.4 Å².